The van der Waals surface area contributed by atoms with Gasteiger partial charge in [0.1, 0.15) is 6.61 Å². The van der Waals surface area contributed by atoms with E-state index < -0.39 is 42.0 Å². The quantitative estimate of drug-likeness (QED) is 0.748. The number of rotatable bonds is 3. The molecule has 4 N–H and O–H groups in total. The Morgan fingerprint density at radius 3 is 1.59 bits per heavy atom. The lowest BCUT2D eigenvalue weighted by Crippen LogP contribution is -2.20. The van der Waals surface area contributed by atoms with Crippen molar-refractivity contribution in [3.05, 3.63) is 23.3 Å². The van der Waals surface area contributed by atoms with E-state index in [9.17, 15) is 21.9 Å². The number of aryl methyl sites for hydroxylation is 1. The van der Waals surface area contributed by atoms with Gasteiger partial charge in [-0.1, -0.05) is 0 Å². The van der Waals surface area contributed by atoms with Gasteiger partial charge in [0.2, 0.25) is 20.0 Å². The van der Waals surface area contributed by atoms with Gasteiger partial charge >= 0.3 is 0 Å². The summed E-state index contributed by atoms with van der Waals surface area (Å²) in [5.74, 6) is 0. The highest BCUT2D eigenvalue weighted by atomic mass is 32.2. The summed E-state index contributed by atoms with van der Waals surface area (Å²) in [6.07, 6.45) is 0. The average molecular weight is 279 g/mol. The van der Waals surface area contributed by atoms with Crippen molar-refractivity contribution in [2.24, 2.45) is 10.3 Å². The Kier molecular flexibility index (Phi) is 3.60. The van der Waals surface area contributed by atoms with Gasteiger partial charge in [-0.05, 0) is 24.6 Å². The van der Waals surface area contributed by atoms with Crippen LogP contribution in [0.25, 0.3) is 0 Å². The van der Waals surface area contributed by atoms with Crippen LogP contribution < -0.4 is 10.3 Å². The monoisotopic (exact) mass is 279 g/mol. The molecule has 0 aliphatic heterocycles. The van der Waals surface area contributed by atoms with Crippen molar-refractivity contribution in [1.82, 2.24) is 0 Å². The number of benzene rings is 1. The van der Waals surface area contributed by atoms with Crippen LogP contribution in [0.5, 0.6) is 0 Å². The molecule has 1 aromatic rings. The molecule has 0 saturated carbocycles. The molecule has 0 fully saturated rings. The first-order valence-corrected chi connectivity index (χ1v) is 7.44. The normalized spacial score (nSPS) is 12.7. The standard InChI is InChI=1S/C8H11N2O5S2/c1-5-2-7(16(9,12)13)6(4-11)8(3-5)17(10,14)15/h2-3H,4H2,1H3,(H2,9,12,13)(H2,10,14,15). The molecule has 1 aromatic carbocycles. The smallest absolute Gasteiger partial charge is 0.231 e. The van der Waals surface area contributed by atoms with Crippen molar-refractivity contribution in [3.63, 3.8) is 0 Å². The molecular weight excluding hydrogens is 268 g/mol. The third kappa shape index (κ3) is 3.01. The zero-order valence-corrected chi connectivity index (χ0v) is 10.5. The van der Waals surface area contributed by atoms with Gasteiger partial charge in [0, 0.05) is 5.56 Å². The van der Waals surface area contributed by atoms with E-state index in [4.69, 9.17) is 10.3 Å². The Labute approximate surface area is 99.2 Å². The van der Waals surface area contributed by atoms with Gasteiger partial charge in [-0.2, -0.15) is 0 Å². The molecule has 0 heterocycles. The first-order valence-electron chi connectivity index (χ1n) is 4.34. The first kappa shape index (κ1) is 14.1. The van der Waals surface area contributed by atoms with Crippen molar-refractivity contribution < 1.29 is 21.9 Å². The number of nitrogens with two attached hydrogens (primary N) is 2. The maximum Gasteiger partial charge on any atom is 0.238 e. The third-order valence-electron chi connectivity index (χ3n) is 2.07. The lowest BCUT2D eigenvalue weighted by atomic mass is 10.1. The molecule has 0 aromatic heterocycles. The molecule has 0 atom stereocenters. The van der Waals surface area contributed by atoms with Gasteiger partial charge in [0.05, 0.1) is 9.79 Å². The Morgan fingerprint density at radius 1 is 1.00 bits per heavy atom. The number of sulfonamides is 2. The predicted molar refractivity (Wildman–Crippen MR) is 58.3 cm³/mol. The van der Waals surface area contributed by atoms with E-state index in [1.54, 1.807) is 0 Å². The van der Waals surface area contributed by atoms with Crippen molar-refractivity contribution in [3.8, 4) is 0 Å². The molecule has 7 nitrogen and oxygen atoms in total. The van der Waals surface area contributed by atoms with E-state index in [1.165, 1.54) is 6.92 Å². The third-order valence-corrected chi connectivity index (χ3v) is 4.02. The second kappa shape index (κ2) is 4.35. The molecule has 0 amide bonds. The molecular formula is C8H11N2O5S2. The maximum atomic E-state index is 11.2. The summed E-state index contributed by atoms with van der Waals surface area (Å²) in [4.78, 5) is -1.01. The van der Waals surface area contributed by atoms with Crippen molar-refractivity contribution in [1.29, 1.82) is 0 Å². The van der Waals surface area contributed by atoms with Gasteiger partial charge < -0.3 is 0 Å². The highest BCUT2D eigenvalue weighted by Crippen LogP contribution is 2.24. The largest absolute Gasteiger partial charge is 0.238 e. The highest BCUT2D eigenvalue weighted by Gasteiger charge is 2.23. The summed E-state index contributed by atoms with van der Waals surface area (Å²) < 4.78 is 45.0. The number of hydrogen-bond donors (Lipinski definition) is 2. The zero-order valence-electron chi connectivity index (χ0n) is 8.87. The first-order chi connectivity index (χ1) is 7.57. The van der Waals surface area contributed by atoms with E-state index in [0.29, 0.717) is 5.56 Å². The van der Waals surface area contributed by atoms with Crippen molar-refractivity contribution in [2.75, 3.05) is 0 Å². The zero-order chi connectivity index (χ0) is 13.4. The summed E-state index contributed by atoms with van der Waals surface area (Å²) in [5, 5.41) is 20.8. The summed E-state index contributed by atoms with van der Waals surface area (Å²) in [7, 11) is -8.34. The second-order valence-electron chi connectivity index (χ2n) is 3.47. The van der Waals surface area contributed by atoms with Crippen LogP contribution >= 0.6 is 0 Å². The van der Waals surface area contributed by atoms with Crippen molar-refractivity contribution in [2.45, 2.75) is 23.3 Å². The summed E-state index contributed by atoms with van der Waals surface area (Å²) in [5.41, 5.74) is -0.101. The fourth-order valence-electron chi connectivity index (χ4n) is 1.40. The Morgan fingerprint density at radius 2 is 1.35 bits per heavy atom. The van der Waals surface area contributed by atoms with Gasteiger partial charge in [-0.25, -0.2) is 32.2 Å². The van der Waals surface area contributed by atoms with Crippen LogP contribution in [0.1, 0.15) is 11.1 Å². The van der Waals surface area contributed by atoms with Crippen LogP contribution in [0.3, 0.4) is 0 Å². The average Bonchev–Trinajstić information content (AvgIpc) is 2.13. The molecule has 0 spiro atoms. The molecule has 95 valence electrons. The lowest BCUT2D eigenvalue weighted by Gasteiger charge is -2.10. The predicted octanol–water partition coefficient (Wildman–Crippen LogP) is -0.780. The molecule has 17 heavy (non-hydrogen) atoms. The molecule has 9 heteroatoms. The van der Waals surface area contributed by atoms with E-state index in [2.05, 4.69) is 0 Å². The van der Waals surface area contributed by atoms with E-state index in [0.717, 1.165) is 12.1 Å². The molecule has 0 aliphatic carbocycles. The Bertz CT molecular complexity index is 595. The van der Waals surface area contributed by atoms with Crippen LogP contribution in [0.2, 0.25) is 0 Å². The topological polar surface area (TPSA) is 140 Å². The molecule has 0 saturated heterocycles. The van der Waals surface area contributed by atoms with E-state index in [-0.39, 0.29) is 0 Å². The summed E-state index contributed by atoms with van der Waals surface area (Å²) >= 11 is 0. The maximum absolute atomic E-state index is 11.2. The highest BCUT2D eigenvalue weighted by molar-refractivity contribution is 7.90. The Balaban J connectivity index is 3.83. The van der Waals surface area contributed by atoms with Gasteiger partial charge in [-0.3, -0.25) is 0 Å². The van der Waals surface area contributed by atoms with Crippen LogP contribution in [-0.4, -0.2) is 16.8 Å². The van der Waals surface area contributed by atoms with Crippen molar-refractivity contribution >= 4 is 20.0 Å². The fraction of sp³-hybridized carbons (Fsp3) is 0.250. The SMILES string of the molecule is Cc1cc(S(N)(=O)=O)c(C[O])c(S(N)(=O)=O)c1. The molecule has 1 radical (unpaired) electrons. The van der Waals surface area contributed by atoms with Gasteiger partial charge in [0.25, 0.3) is 0 Å². The van der Waals surface area contributed by atoms with Gasteiger partial charge in [-0.15, -0.1) is 0 Å². The summed E-state index contributed by atoms with van der Waals surface area (Å²) in [6.45, 7) is 0.426. The molecule has 0 aliphatic rings. The fourth-order valence-corrected chi connectivity index (χ4v) is 3.19. The Hall–Kier alpha value is -1.00. The molecule has 0 unspecified atom stereocenters. The number of primary sulfonamides is 2. The van der Waals surface area contributed by atoms with Crippen LogP contribution in [0.15, 0.2) is 21.9 Å². The second-order valence-corrected chi connectivity index (χ2v) is 6.53. The minimum atomic E-state index is -4.17. The van der Waals surface area contributed by atoms with E-state index in [1.807, 2.05) is 0 Å². The minimum Gasteiger partial charge on any atom is -0.231 e. The summed E-state index contributed by atoms with van der Waals surface area (Å²) in [6, 6.07) is 2.27. The lowest BCUT2D eigenvalue weighted by molar-refractivity contribution is 0.172. The van der Waals surface area contributed by atoms with Gasteiger partial charge in [0.15, 0.2) is 0 Å². The van der Waals surface area contributed by atoms with Crippen LogP contribution in [-0.2, 0) is 31.8 Å². The molecule has 0 bridgehead atoms. The van der Waals surface area contributed by atoms with Crippen LogP contribution in [0, 0.1) is 6.92 Å². The van der Waals surface area contributed by atoms with Crippen LogP contribution in [0.4, 0.5) is 0 Å². The number of hydrogen-bond acceptors (Lipinski definition) is 4. The molecule has 1 rings (SSSR count). The minimum absolute atomic E-state index is 0.329. The van der Waals surface area contributed by atoms with E-state index >= 15 is 0 Å².